The van der Waals surface area contributed by atoms with E-state index < -0.39 is 0 Å². The van der Waals surface area contributed by atoms with Gasteiger partial charge in [0.25, 0.3) is 0 Å². The van der Waals surface area contributed by atoms with Crippen LogP contribution in [0.15, 0.2) is 0 Å². The van der Waals surface area contributed by atoms with E-state index in [9.17, 15) is 5.11 Å². The molecule has 1 N–H and O–H groups in total. The highest BCUT2D eigenvalue weighted by Crippen LogP contribution is 2.45. The van der Waals surface area contributed by atoms with Crippen LogP contribution in [0.4, 0.5) is 0 Å². The Morgan fingerprint density at radius 3 is 1.71 bits per heavy atom. The zero-order valence-corrected chi connectivity index (χ0v) is 14.4. The Labute approximate surface area is 132 Å². The predicted molar refractivity (Wildman–Crippen MR) is 91.5 cm³/mol. The minimum atomic E-state index is -0.0157. The van der Waals surface area contributed by atoms with Gasteiger partial charge in [0.2, 0.25) is 0 Å². The van der Waals surface area contributed by atoms with E-state index in [0.717, 1.165) is 18.8 Å². The smallest absolute Gasteiger partial charge is 0.0540 e. The maximum absolute atomic E-state index is 9.97. The van der Waals surface area contributed by atoms with Gasteiger partial charge < -0.3 is 5.11 Å². The number of rotatable bonds is 1. The van der Waals surface area contributed by atoms with Crippen molar-refractivity contribution in [3.63, 3.8) is 0 Å². The summed E-state index contributed by atoms with van der Waals surface area (Å²) in [5.41, 5.74) is 0.515. The maximum atomic E-state index is 9.97. The van der Waals surface area contributed by atoms with Crippen LogP contribution in [0.2, 0.25) is 0 Å². The van der Waals surface area contributed by atoms with Crippen molar-refractivity contribution in [3.8, 4) is 0 Å². The quantitative estimate of drug-likeness (QED) is 0.568. The fourth-order valence-electron chi connectivity index (χ4n) is 4.78. The molecule has 2 rings (SSSR count). The van der Waals surface area contributed by atoms with E-state index >= 15 is 0 Å². The molecule has 21 heavy (non-hydrogen) atoms. The highest BCUT2D eigenvalue weighted by atomic mass is 16.3. The summed E-state index contributed by atoms with van der Waals surface area (Å²) in [4.78, 5) is 0. The van der Waals surface area contributed by atoms with E-state index in [4.69, 9.17) is 0 Å². The molecule has 2 unspecified atom stereocenters. The SMILES string of the molecule is CC1(C2CCCCCCCCCCC2)CCCC(O)CC1. The first-order valence-corrected chi connectivity index (χ1v) is 9.89. The largest absolute Gasteiger partial charge is 0.393 e. The standard InChI is InChI=1S/C20H38O/c1-20(16-11-14-19(21)15-17-20)18-12-9-7-5-3-2-4-6-8-10-13-18/h18-19,21H,2-17H2,1H3. The summed E-state index contributed by atoms with van der Waals surface area (Å²) in [5.74, 6) is 0.919. The van der Waals surface area contributed by atoms with Crippen LogP contribution in [0.5, 0.6) is 0 Å². The monoisotopic (exact) mass is 294 g/mol. The minimum Gasteiger partial charge on any atom is -0.393 e. The fraction of sp³-hybridized carbons (Fsp3) is 1.00. The first-order valence-electron chi connectivity index (χ1n) is 9.89. The second-order valence-corrected chi connectivity index (χ2v) is 8.20. The van der Waals surface area contributed by atoms with Gasteiger partial charge in [0, 0.05) is 0 Å². The van der Waals surface area contributed by atoms with Gasteiger partial charge in [-0.3, -0.25) is 0 Å². The van der Waals surface area contributed by atoms with Gasteiger partial charge in [0.15, 0.2) is 0 Å². The zero-order valence-electron chi connectivity index (χ0n) is 14.4. The predicted octanol–water partition coefficient (Wildman–Crippen LogP) is 6.24. The molecule has 2 fully saturated rings. The van der Waals surface area contributed by atoms with Crippen LogP contribution in [0.25, 0.3) is 0 Å². The summed E-state index contributed by atoms with van der Waals surface area (Å²) in [7, 11) is 0. The molecule has 0 radical (unpaired) electrons. The van der Waals surface area contributed by atoms with Gasteiger partial charge >= 0.3 is 0 Å². The summed E-state index contributed by atoms with van der Waals surface area (Å²) in [6.07, 6.45) is 22.0. The minimum absolute atomic E-state index is 0.0157. The van der Waals surface area contributed by atoms with E-state index in [1.807, 2.05) is 0 Å². The van der Waals surface area contributed by atoms with Crippen molar-refractivity contribution in [1.82, 2.24) is 0 Å². The van der Waals surface area contributed by atoms with Crippen molar-refractivity contribution >= 4 is 0 Å². The molecule has 1 nitrogen and oxygen atoms in total. The molecule has 0 amide bonds. The summed E-state index contributed by atoms with van der Waals surface area (Å²) < 4.78 is 0. The van der Waals surface area contributed by atoms with E-state index in [2.05, 4.69) is 6.92 Å². The van der Waals surface area contributed by atoms with Crippen molar-refractivity contribution in [2.24, 2.45) is 11.3 Å². The lowest BCUT2D eigenvalue weighted by Gasteiger charge is -2.38. The molecule has 2 atom stereocenters. The molecule has 0 aromatic heterocycles. The van der Waals surface area contributed by atoms with Crippen molar-refractivity contribution in [2.75, 3.05) is 0 Å². The van der Waals surface area contributed by atoms with Gasteiger partial charge in [-0.15, -0.1) is 0 Å². The van der Waals surface area contributed by atoms with Gasteiger partial charge in [0.1, 0.15) is 0 Å². The van der Waals surface area contributed by atoms with E-state index in [-0.39, 0.29) is 6.10 Å². The Bertz CT molecular complexity index is 263. The lowest BCUT2D eigenvalue weighted by Crippen LogP contribution is -2.27. The molecule has 0 heterocycles. The molecule has 0 aromatic rings. The molecule has 1 heteroatoms. The molecule has 2 saturated carbocycles. The highest BCUT2D eigenvalue weighted by Gasteiger charge is 2.35. The Morgan fingerprint density at radius 1 is 0.619 bits per heavy atom. The maximum Gasteiger partial charge on any atom is 0.0540 e. The Hall–Kier alpha value is -0.0400. The Balaban J connectivity index is 1.91. The molecule has 0 aromatic carbocycles. The summed E-state index contributed by atoms with van der Waals surface area (Å²) >= 11 is 0. The van der Waals surface area contributed by atoms with Crippen molar-refractivity contribution in [1.29, 1.82) is 0 Å². The summed E-state index contributed by atoms with van der Waals surface area (Å²) in [6, 6.07) is 0. The van der Waals surface area contributed by atoms with Crippen LogP contribution < -0.4 is 0 Å². The van der Waals surface area contributed by atoms with E-state index in [1.165, 1.54) is 89.9 Å². The molecule has 2 aliphatic carbocycles. The lowest BCUT2D eigenvalue weighted by atomic mass is 9.67. The molecule has 2 aliphatic rings. The van der Waals surface area contributed by atoms with Crippen LogP contribution in [0.1, 0.15) is 110 Å². The van der Waals surface area contributed by atoms with Gasteiger partial charge in [0.05, 0.1) is 6.10 Å². The van der Waals surface area contributed by atoms with Crippen LogP contribution in [0.3, 0.4) is 0 Å². The van der Waals surface area contributed by atoms with Gasteiger partial charge in [-0.1, -0.05) is 71.1 Å². The Morgan fingerprint density at radius 2 is 1.14 bits per heavy atom. The molecular weight excluding hydrogens is 256 g/mol. The average Bonchev–Trinajstić information content (AvgIpc) is 2.62. The van der Waals surface area contributed by atoms with Gasteiger partial charge in [-0.05, 0) is 49.9 Å². The molecular formula is C20H38O. The third kappa shape index (κ3) is 5.93. The lowest BCUT2D eigenvalue weighted by molar-refractivity contribution is 0.114. The number of aliphatic hydroxyl groups excluding tert-OH is 1. The van der Waals surface area contributed by atoms with Crippen molar-refractivity contribution in [2.45, 2.75) is 116 Å². The highest BCUT2D eigenvalue weighted by molar-refractivity contribution is 4.86. The van der Waals surface area contributed by atoms with Gasteiger partial charge in [-0.2, -0.15) is 0 Å². The first-order chi connectivity index (χ1) is 10.2. The molecule has 0 bridgehead atoms. The third-order valence-corrected chi connectivity index (χ3v) is 6.42. The summed E-state index contributed by atoms with van der Waals surface area (Å²) in [5, 5.41) is 9.97. The first kappa shape index (κ1) is 17.3. The third-order valence-electron chi connectivity index (χ3n) is 6.42. The number of hydrogen-bond donors (Lipinski definition) is 1. The van der Waals surface area contributed by atoms with E-state index in [1.54, 1.807) is 0 Å². The van der Waals surface area contributed by atoms with Crippen molar-refractivity contribution < 1.29 is 5.11 Å². The second kappa shape index (κ2) is 9.18. The van der Waals surface area contributed by atoms with Crippen molar-refractivity contribution in [3.05, 3.63) is 0 Å². The topological polar surface area (TPSA) is 20.2 Å². The van der Waals surface area contributed by atoms with Crippen LogP contribution >= 0.6 is 0 Å². The second-order valence-electron chi connectivity index (χ2n) is 8.20. The van der Waals surface area contributed by atoms with Crippen LogP contribution in [-0.2, 0) is 0 Å². The normalized spacial score (nSPS) is 35.4. The fourth-order valence-corrected chi connectivity index (χ4v) is 4.78. The van der Waals surface area contributed by atoms with Crippen LogP contribution in [0, 0.1) is 11.3 Å². The number of hydrogen-bond acceptors (Lipinski definition) is 1. The molecule has 0 spiro atoms. The number of aliphatic hydroxyl groups is 1. The Kier molecular flexibility index (Phi) is 7.57. The molecule has 0 aliphatic heterocycles. The molecule has 124 valence electrons. The molecule has 0 saturated heterocycles. The van der Waals surface area contributed by atoms with Crippen LogP contribution in [-0.4, -0.2) is 11.2 Å². The van der Waals surface area contributed by atoms with Gasteiger partial charge in [-0.25, -0.2) is 0 Å². The average molecular weight is 295 g/mol. The zero-order chi connectivity index (χ0) is 15.0. The summed E-state index contributed by atoms with van der Waals surface area (Å²) in [6.45, 7) is 2.54. The van der Waals surface area contributed by atoms with E-state index in [0.29, 0.717) is 5.41 Å².